The van der Waals surface area contributed by atoms with E-state index in [0.717, 1.165) is 26.0 Å². The minimum atomic E-state index is 0.0199. The predicted octanol–water partition coefficient (Wildman–Crippen LogP) is 1.57. The maximum absolute atomic E-state index is 5.72. The lowest BCUT2D eigenvalue weighted by molar-refractivity contribution is -0.0539. The number of hydrogen-bond acceptors (Lipinski definition) is 3. The minimum Gasteiger partial charge on any atom is -0.383 e. The van der Waals surface area contributed by atoms with Gasteiger partial charge in [0.1, 0.15) is 0 Å². The molecule has 0 aliphatic heterocycles. The molecule has 0 aromatic carbocycles. The van der Waals surface area contributed by atoms with Gasteiger partial charge in [0.25, 0.3) is 0 Å². The fourth-order valence-corrected chi connectivity index (χ4v) is 2.48. The van der Waals surface area contributed by atoms with Crippen LogP contribution < -0.4 is 5.32 Å². The molecule has 0 aromatic heterocycles. The first-order chi connectivity index (χ1) is 6.79. The van der Waals surface area contributed by atoms with Crippen molar-refractivity contribution in [2.75, 3.05) is 27.4 Å². The van der Waals surface area contributed by atoms with Gasteiger partial charge in [-0.1, -0.05) is 19.8 Å². The Bertz CT molecular complexity index is 149. The molecule has 84 valence electrons. The first-order valence-electron chi connectivity index (χ1n) is 5.56. The Kier molecular flexibility index (Phi) is 4.85. The topological polar surface area (TPSA) is 30.5 Å². The van der Waals surface area contributed by atoms with E-state index in [-0.39, 0.29) is 5.60 Å². The number of likely N-dealkylation sites (N-methyl/N-ethyl adjacent to an activating group) is 1. The number of methoxy groups -OCH3 is 2. The summed E-state index contributed by atoms with van der Waals surface area (Å²) < 4.78 is 11.0. The SMILES string of the molecule is CCNC(COC)C1(OC)CCCC1. The summed E-state index contributed by atoms with van der Waals surface area (Å²) in [5, 5.41) is 3.47. The lowest BCUT2D eigenvalue weighted by atomic mass is 9.92. The second-order valence-corrected chi connectivity index (χ2v) is 4.04. The van der Waals surface area contributed by atoms with Crippen molar-refractivity contribution in [3.05, 3.63) is 0 Å². The van der Waals surface area contributed by atoms with Crippen LogP contribution >= 0.6 is 0 Å². The average molecular weight is 201 g/mol. The molecule has 1 saturated carbocycles. The third-order valence-corrected chi connectivity index (χ3v) is 3.28. The molecular weight excluding hydrogens is 178 g/mol. The highest BCUT2D eigenvalue weighted by Crippen LogP contribution is 2.35. The molecule has 1 aliphatic carbocycles. The summed E-state index contributed by atoms with van der Waals surface area (Å²) in [6.07, 6.45) is 4.87. The van der Waals surface area contributed by atoms with Crippen LogP contribution in [0.3, 0.4) is 0 Å². The van der Waals surface area contributed by atoms with Gasteiger partial charge in [0, 0.05) is 14.2 Å². The Morgan fingerprint density at radius 2 is 1.93 bits per heavy atom. The Morgan fingerprint density at radius 1 is 1.29 bits per heavy atom. The zero-order chi connectivity index (χ0) is 10.4. The normalized spacial score (nSPS) is 22.5. The van der Waals surface area contributed by atoms with Crippen molar-refractivity contribution >= 4 is 0 Å². The molecule has 1 unspecified atom stereocenters. The molecule has 1 N–H and O–H groups in total. The quantitative estimate of drug-likeness (QED) is 0.707. The van der Waals surface area contributed by atoms with Gasteiger partial charge in [-0.15, -0.1) is 0 Å². The molecule has 1 fully saturated rings. The van der Waals surface area contributed by atoms with Crippen molar-refractivity contribution in [1.82, 2.24) is 5.32 Å². The molecule has 0 spiro atoms. The maximum Gasteiger partial charge on any atom is 0.0853 e. The molecule has 3 heteroatoms. The lowest BCUT2D eigenvalue weighted by Crippen LogP contribution is -2.52. The van der Waals surface area contributed by atoms with Gasteiger partial charge in [-0.3, -0.25) is 0 Å². The largest absolute Gasteiger partial charge is 0.383 e. The van der Waals surface area contributed by atoms with Crippen LogP contribution in [0.25, 0.3) is 0 Å². The minimum absolute atomic E-state index is 0.0199. The van der Waals surface area contributed by atoms with Gasteiger partial charge < -0.3 is 14.8 Å². The highest BCUT2D eigenvalue weighted by atomic mass is 16.5. The molecule has 1 atom stereocenters. The predicted molar refractivity (Wildman–Crippen MR) is 57.5 cm³/mol. The summed E-state index contributed by atoms with van der Waals surface area (Å²) in [5.41, 5.74) is 0.0199. The van der Waals surface area contributed by atoms with E-state index in [9.17, 15) is 0 Å². The molecule has 0 saturated heterocycles. The highest BCUT2D eigenvalue weighted by Gasteiger charge is 2.41. The third kappa shape index (κ3) is 2.47. The van der Waals surface area contributed by atoms with E-state index in [0.29, 0.717) is 6.04 Å². The van der Waals surface area contributed by atoms with Crippen molar-refractivity contribution in [3.8, 4) is 0 Å². The summed E-state index contributed by atoms with van der Waals surface area (Å²) in [6.45, 7) is 3.84. The monoisotopic (exact) mass is 201 g/mol. The van der Waals surface area contributed by atoms with E-state index in [1.165, 1.54) is 12.8 Å². The summed E-state index contributed by atoms with van der Waals surface area (Å²) >= 11 is 0. The number of hydrogen-bond donors (Lipinski definition) is 1. The Morgan fingerprint density at radius 3 is 2.36 bits per heavy atom. The van der Waals surface area contributed by atoms with Crippen molar-refractivity contribution in [1.29, 1.82) is 0 Å². The number of ether oxygens (including phenoxy) is 2. The van der Waals surface area contributed by atoms with E-state index < -0.39 is 0 Å². The van der Waals surface area contributed by atoms with Crippen LogP contribution in [-0.4, -0.2) is 39.0 Å². The van der Waals surface area contributed by atoms with E-state index >= 15 is 0 Å². The summed E-state index contributed by atoms with van der Waals surface area (Å²) in [7, 11) is 3.58. The van der Waals surface area contributed by atoms with Gasteiger partial charge in [-0.2, -0.15) is 0 Å². The maximum atomic E-state index is 5.72. The molecule has 1 aliphatic rings. The average Bonchev–Trinajstić information content (AvgIpc) is 2.67. The van der Waals surface area contributed by atoms with E-state index in [1.807, 2.05) is 7.11 Å². The Labute approximate surface area is 87.2 Å². The van der Waals surface area contributed by atoms with Crippen LogP contribution in [0, 0.1) is 0 Å². The number of rotatable bonds is 6. The van der Waals surface area contributed by atoms with Crippen LogP contribution in [0.4, 0.5) is 0 Å². The van der Waals surface area contributed by atoms with Gasteiger partial charge in [0.05, 0.1) is 18.2 Å². The van der Waals surface area contributed by atoms with Gasteiger partial charge >= 0.3 is 0 Å². The first-order valence-corrected chi connectivity index (χ1v) is 5.56. The lowest BCUT2D eigenvalue weighted by Gasteiger charge is -2.36. The fourth-order valence-electron chi connectivity index (χ4n) is 2.48. The molecule has 3 nitrogen and oxygen atoms in total. The van der Waals surface area contributed by atoms with Crippen LogP contribution in [0.5, 0.6) is 0 Å². The first kappa shape index (κ1) is 12.0. The van der Waals surface area contributed by atoms with Gasteiger partial charge in [-0.25, -0.2) is 0 Å². The Balaban J connectivity index is 2.61. The molecule has 0 bridgehead atoms. The molecule has 0 aromatic rings. The molecule has 0 radical (unpaired) electrons. The molecule has 1 rings (SSSR count). The Hall–Kier alpha value is -0.120. The molecule has 14 heavy (non-hydrogen) atoms. The summed E-state index contributed by atoms with van der Waals surface area (Å²) in [6, 6.07) is 0.338. The highest BCUT2D eigenvalue weighted by molar-refractivity contribution is 4.96. The van der Waals surface area contributed by atoms with Crippen molar-refractivity contribution in [2.45, 2.75) is 44.2 Å². The van der Waals surface area contributed by atoms with Gasteiger partial charge in [0.2, 0.25) is 0 Å². The third-order valence-electron chi connectivity index (χ3n) is 3.28. The van der Waals surface area contributed by atoms with Crippen LogP contribution in [-0.2, 0) is 9.47 Å². The molecule has 0 amide bonds. The standard InChI is InChI=1S/C11H23NO2/c1-4-12-10(9-13-2)11(14-3)7-5-6-8-11/h10,12H,4-9H2,1-3H3. The van der Waals surface area contributed by atoms with Crippen molar-refractivity contribution < 1.29 is 9.47 Å². The summed E-state index contributed by atoms with van der Waals surface area (Å²) in [4.78, 5) is 0. The van der Waals surface area contributed by atoms with Gasteiger partial charge in [-0.05, 0) is 19.4 Å². The zero-order valence-electron chi connectivity index (χ0n) is 9.64. The van der Waals surface area contributed by atoms with E-state index in [2.05, 4.69) is 12.2 Å². The second kappa shape index (κ2) is 5.69. The molecule has 0 heterocycles. The van der Waals surface area contributed by atoms with Crippen LogP contribution in [0.2, 0.25) is 0 Å². The van der Waals surface area contributed by atoms with Crippen LogP contribution in [0.1, 0.15) is 32.6 Å². The van der Waals surface area contributed by atoms with E-state index in [1.54, 1.807) is 7.11 Å². The summed E-state index contributed by atoms with van der Waals surface area (Å²) in [5.74, 6) is 0. The van der Waals surface area contributed by atoms with E-state index in [4.69, 9.17) is 9.47 Å². The molecular formula is C11H23NO2. The number of nitrogens with one attached hydrogen (secondary N) is 1. The van der Waals surface area contributed by atoms with Crippen LogP contribution in [0.15, 0.2) is 0 Å². The van der Waals surface area contributed by atoms with Crippen molar-refractivity contribution in [3.63, 3.8) is 0 Å². The smallest absolute Gasteiger partial charge is 0.0853 e. The van der Waals surface area contributed by atoms with Crippen molar-refractivity contribution in [2.24, 2.45) is 0 Å². The van der Waals surface area contributed by atoms with Gasteiger partial charge in [0.15, 0.2) is 0 Å². The second-order valence-electron chi connectivity index (χ2n) is 4.04. The zero-order valence-corrected chi connectivity index (χ0v) is 9.64. The fraction of sp³-hybridized carbons (Fsp3) is 1.00.